The Morgan fingerprint density at radius 2 is 1.78 bits per heavy atom. The topological polar surface area (TPSA) is 52.8 Å². The van der Waals surface area contributed by atoms with Gasteiger partial charge in [-0.1, -0.05) is 17.7 Å². The zero-order valence-electron chi connectivity index (χ0n) is 9.76. The van der Waals surface area contributed by atoms with E-state index in [1.54, 1.807) is 30.3 Å². The first-order valence-corrected chi connectivity index (χ1v) is 5.76. The van der Waals surface area contributed by atoms with Gasteiger partial charge >= 0.3 is 0 Å². The maximum Gasteiger partial charge on any atom is 0.141 e. The molecule has 0 saturated carbocycles. The molecule has 0 unspecified atom stereocenters. The number of benzene rings is 2. The Labute approximate surface area is 110 Å². The highest BCUT2D eigenvalue weighted by Gasteiger charge is 2.01. The first-order chi connectivity index (χ1) is 8.56. The van der Waals surface area contributed by atoms with Crippen LogP contribution in [-0.4, -0.2) is 16.4 Å². The Bertz CT molecular complexity index is 555. The summed E-state index contributed by atoms with van der Waals surface area (Å²) in [5.74, 6) is 0.189. The van der Waals surface area contributed by atoms with Crippen LogP contribution in [0.15, 0.2) is 41.4 Å². The number of halogens is 1. The van der Waals surface area contributed by atoms with Crippen LogP contribution in [-0.2, 0) is 0 Å². The molecule has 0 aliphatic rings. The Kier molecular flexibility index (Phi) is 3.53. The van der Waals surface area contributed by atoms with Crippen molar-refractivity contribution in [3.05, 3.63) is 52.5 Å². The first kappa shape index (κ1) is 12.5. The molecule has 0 aliphatic heterocycles. The predicted molar refractivity (Wildman–Crippen MR) is 73.2 cm³/mol. The molecule has 2 aromatic rings. The second-order valence-electron chi connectivity index (χ2n) is 3.95. The fourth-order valence-electron chi connectivity index (χ4n) is 1.50. The molecular formula is C14H12ClNO2. The fraction of sp³-hybridized carbons (Fsp3) is 0.0714. The maximum atomic E-state index is 9.63. The molecule has 2 aromatic carbocycles. The molecule has 0 amide bonds. The van der Waals surface area contributed by atoms with Gasteiger partial charge < -0.3 is 10.2 Å². The predicted octanol–water partition coefficient (Wildman–Crippen LogP) is 3.81. The molecule has 0 heterocycles. The summed E-state index contributed by atoms with van der Waals surface area (Å²) in [4.78, 5) is 4.15. The van der Waals surface area contributed by atoms with Crippen molar-refractivity contribution < 1.29 is 10.2 Å². The van der Waals surface area contributed by atoms with E-state index in [0.29, 0.717) is 16.3 Å². The molecule has 0 bridgehead atoms. The Hall–Kier alpha value is -2.00. The standard InChI is InChI=1S/C14H12ClNO2/c1-9-2-4-14(18)12(6-9)16-8-10-7-11(15)3-5-13(10)17/h2-8,17-18H,1H3. The van der Waals surface area contributed by atoms with Crippen molar-refractivity contribution in [2.75, 3.05) is 0 Å². The van der Waals surface area contributed by atoms with E-state index in [9.17, 15) is 10.2 Å². The average molecular weight is 262 g/mol. The maximum absolute atomic E-state index is 9.63. The Morgan fingerprint density at radius 3 is 2.56 bits per heavy atom. The molecule has 0 fully saturated rings. The van der Waals surface area contributed by atoms with Crippen LogP contribution in [0, 0.1) is 6.92 Å². The van der Waals surface area contributed by atoms with Gasteiger partial charge in [0.15, 0.2) is 0 Å². The van der Waals surface area contributed by atoms with Crippen LogP contribution in [0.5, 0.6) is 11.5 Å². The van der Waals surface area contributed by atoms with Crippen molar-refractivity contribution in [3.8, 4) is 11.5 Å². The van der Waals surface area contributed by atoms with Crippen molar-refractivity contribution in [1.29, 1.82) is 0 Å². The SMILES string of the molecule is Cc1ccc(O)c(N=Cc2cc(Cl)ccc2O)c1. The van der Waals surface area contributed by atoms with E-state index in [1.165, 1.54) is 12.3 Å². The van der Waals surface area contributed by atoms with Crippen LogP contribution >= 0.6 is 11.6 Å². The molecule has 18 heavy (non-hydrogen) atoms. The second kappa shape index (κ2) is 5.10. The molecule has 4 heteroatoms. The molecule has 0 aromatic heterocycles. The van der Waals surface area contributed by atoms with Crippen molar-refractivity contribution in [2.24, 2.45) is 4.99 Å². The molecule has 92 valence electrons. The van der Waals surface area contributed by atoms with Gasteiger partial charge in [0.05, 0.1) is 0 Å². The summed E-state index contributed by atoms with van der Waals surface area (Å²) in [5.41, 5.74) is 1.95. The van der Waals surface area contributed by atoms with Gasteiger partial charge in [-0.05, 0) is 42.8 Å². The van der Waals surface area contributed by atoms with Gasteiger partial charge in [-0.3, -0.25) is 4.99 Å². The number of hydrogen-bond donors (Lipinski definition) is 2. The summed E-state index contributed by atoms with van der Waals surface area (Å²) in [6, 6.07) is 9.84. The Balaban J connectivity index is 2.35. The number of aromatic hydroxyl groups is 2. The molecule has 0 aliphatic carbocycles. The van der Waals surface area contributed by atoms with Gasteiger partial charge in [0.2, 0.25) is 0 Å². The van der Waals surface area contributed by atoms with Crippen molar-refractivity contribution >= 4 is 23.5 Å². The number of phenols is 2. The van der Waals surface area contributed by atoms with E-state index in [2.05, 4.69) is 4.99 Å². The zero-order valence-corrected chi connectivity index (χ0v) is 10.5. The second-order valence-corrected chi connectivity index (χ2v) is 4.39. The van der Waals surface area contributed by atoms with E-state index in [4.69, 9.17) is 11.6 Å². The van der Waals surface area contributed by atoms with E-state index in [1.807, 2.05) is 6.92 Å². The molecule has 0 saturated heterocycles. The van der Waals surface area contributed by atoms with Crippen LogP contribution in [0.25, 0.3) is 0 Å². The molecule has 0 atom stereocenters. The lowest BCUT2D eigenvalue weighted by Gasteiger charge is -2.01. The van der Waals surface area contributed by atoms with Crippen LogP contribution in [0.2, 0.25) is 5.02 Å². The highest BCUT2D eigenvalue weighted by atomic mass is 35.5. The van der Waals surface area contributed by atoms with Crippen molar-refractivity contribution in [3.63, 3.8) is 0 Å². The number of phenolic OH excluding ortho intramolecular Hbond substituents is 2. The van der Waals surface area contributed by atoms with E-state index >= 15 is 0 Å². The highest BCUT2D eigenvalue weighted by Crippen LogP contribution is 2.27. The number of rotatable bonds is 2. The van der Waals surface area contributed by atoms with Crippen LogP contribution < -0.4 is 0 Å². The van der Waals surface area contributed by atoms with Gasteiger partial charge in [0, 0.05) is 16.8 Å². The summed E-state index contributed by atoms with van der Waals surface area (Å²) in [6.07, 6.45) is 1.47. The lowest BCUT2D eigenvalue weighted by atomic mass is 10.2. The van der Waals surface area contributed by atoms with E-state index < -0.39 is 0 Å². The molecule has 2 rings (SSSR count). The van der Waals surface area contributed by atoms with Crippen LogP contribution in [0.4, 0.5) is 5.69 Å². The monoisotopic (exact) mass is 261 g/mol. The van der Waals surface area contributed by atoms with Crippen molar-refractivity contribution in [1.82, 2.24) is 0 Å². The molecule has 2 N–H and O–H groups in total. The minimum atomic E-state index is 0.0929. The lowest BCUT2D eigenvalue weighted by molar-refractivity contribution is 0.474. The minimum Gasteiger partial charge on any atom is -0.507 e. The van der Waals surface area contributed by atoms with Gasteiger partial charge in [-0.2, -0.15) is 0 Å². The lowest BCUT2D eigenvalue weighted by Crippen LogP contribution is -1.82. The fourth-order valence-corrected chi connectivity index (χ4v) is 1.69. The third-order valence-corrected chi connectivity index (χ3v) is 2.70. The number of nitrogens with zero attached hydrogens (tertiary/aromatic N) is 1. The molecule has 0 radical (unpaired) electrons. The largest absolute Gasteiger partial charge is 0.507 e. The summed E-state index contributed by atoms with van der Waals surface area (Å²) < 4.78 is 0. The molecular weight excluding hydrogens is 250 g/mol. The summed E-state index contributed by atoms with van der Waals surface area (Å²) in [7, 11) is 0. The Morgan fingerprint density at radius 1 is 1.06 bits per heavy atom. The third kappa shape index (κ3) is 2.81. The van der Waals surface area contributed by atoms with E-state index in [-0.39, 0.29) is 11.5 Å². The van der Waals surface area contributed by atoms with E-state index in [0.717, 1.165) is 5.56 Å². The zero-order chi connectivity index (χ0) is 13.1. The average Bonchev–Trinajstić information content (AvgIpc) is 2.34. The van der Waals surface area contributed by atoms with Gasteiger partial charge in [-0.25, -0.2) is 0 Å². The molecule has 0 spiro atoms. The molecule has 3 nitrogen and oxygen atoms in total. The summed E-state index contributed by atoms with van der Waals surface area (Å²) in [5, 5.41) is 19.8. The van der Waals surface area contributed by atoms with Gasteiger partial charge in [0.1, 0.15) is 17.2 Å². The summed E-state index contributed by atoms with van der Waals surface area (Å²) in [6.45, 7) is 1.91. The highest BCUT2D eigenvalue weighted by molar-refractivity contribution is 6.30. The first-order valence-electron chi connectivity index (χ1n) is 5.38. The van der Waals surface area contributed by atoms with Gasteiger partial charge in [-0.15, -0.1) is 0 Å². The number of aryl methyl sites for hydroxylation is 1. The smallest absolute Gasteiger partial charge is 0.141 e. The van der Waals surface area contributed by atoms with Crippen molar-refractivity contribution in [2.45, 2.75) is 6.92 Å². The normalized spacial score (nSPS) is 11.0. The number of hydrogen-bond acceptors (Lipinski definition) is 3. The van der Waals surface area contributed by atoms with Crippen LogP contribution in [0.3, 0.4) is 0 Å². The van der Waals surface area contributed by atoms with Gasteiger partial charge in [0.25, 0.3) is 0 Å². The quantitative estimate of drug-likeness (QED) is 0.808. The third-order valence-electron chi connectivity index (χ3n) is 2.46. The van der Waals surface area contributed by atoms with Crippen LogP contribution in [0.1, 0.15) is 11.1 Å². The number of aliphatic imine (C=N–C) groups is 1. The minimum absolute atomic E-state index is 0.0929. The summed E-state index contributed by atoms with van der Waals surface area (Å²) >= 11 is 5.83.